The molecule has 0 aliphatic carbocycles. The summed E-state index contributed by atoms with van der Waals surface area (Å²) in [6.45, 7) is 3.78. The maximum absolute atomic E-state index is 12.8. The quantitative estimate of drug-likeness (QED) is 0.493. The zero-order chi connectivity index (χ0) is 19.6. The Hall–Kier alpha value is -2.34. The molecule has 9 heteroatoms. The lowest BCUT2D eigenvalue weighted by Gasteiger charge is -2.16. The number of thioether (sulfide) groups is 1. The van der Waals surface area contributed by atoms with Crippen LogP contribution >= 0.6 is 34.7 Å². The Kier molecular flexibility index (Phi) is 5.85. The molecule has 0 radical (unpaired) electrons. The van der Waals surface area contributed by atoms with Crippen LogP contribution in [0.5, 0.6) is 0 Å². The zero-order valence-electron chi connectivity index (χ0n) is 14.5. The van der Waals surface area contributed by atoms with E-state index in [0.29, 0.717) is 31.6 Å². The van der Waals surface area contributed by atoms with Crippen molar-refractivity contribution < 1.29 is 4.79 Å². The lowest BCUT2D eigenvalue weighted by molar-refractivity contribution is -0.113. The number of hydrogen-bond acceptors (Lipinski definition) is 6. The molecule has 0 bridgehead atoms. The van der Waals surface area contributed by atoms with Gasteiger partial charge in [0.25, 0.3) is 5.56 Å². The van der Waals surface area contributed by atoms with Crippen molar-refractivity contribution in [2.24, 2.45) is 0 Å². The lowest BCUT2D eigenvalue weighted by Crippen LogP contribution is -2.25. The summed E-state index contributed by atoms with van der Waals surface area (Å²) >= 11 is 8.48. The fourth-order valence-corrected chi connectivity index (χ4v) is 4.34. The lowest BCUT2D eigenvalue weighted by atomic mass is 10.2. The van der Waals surface area contributed by atoms with Crippen molar-refractivity contribution in [2.75, 3.05) is 11.1 Å². The van der Waals surface area contributed by atoms with Crippen molar-refractivity contribution >= 4 is 56.5 Å². The van der Waals surface area contributed by atoms with Gasteiger partial charge in [0.2, 0.25) is 5.91 Å². The smallest absolute Gasteiger partial charge is 0.262 e. The van der Waals surface area contributed by atoms with Gasteiger partial charge < -0.3 is 5.32 Å². The van der Waals surface area contributed by atoms with Gasteiger partial charge in [-0.05, 0) is 43.5 Å². The number of amides is 1. The molecule has 6 nitrogen and oxygen atoms in total. The van der Waals surface area contributed by atoms with Crippen LogP contribution in [0.1, 0.15) is 25.5 Å². The van der Waals surface area contributed by atoms with Crippen molar-refractivity contribution in [2.45, 2.75) is 25.0 Å². The fourth-order valence-electron chi connectivity index (χ4n) is 2.50. The number of benzene rings is 1. The number of thiophene rings is 1. The molecule has 0 saturated heterocycles. The summed E-state index contributed by atoms with van der Waals surface area (Å²) in [4.78, 5) is 29.6. The second-order valence-corrected chi connectivity index (χ2v) is 8.23. The van der Waals surface area contributed by atoms with Gasteiger partial charge in [0.1, 0.15) is 11.1 Å². The first-order chi connectivity index (χ1) is 12.9. The maximum atomic E-state index is 12.8. The first-order valence-corrected chi connectivity index (χ1v) is 10.3. The van der Waals surface area contributed by atoms with Gasteiger partial charge in [-0.2, -0.15) is 5.26 Å². The van der Waals surface area contributed by atoms with Crippen LogP contribution in [0.3, 0.4) is 0 Å². The highest BCUT2D eigenvalue weighted by Gasteiger charge is 2.16. The molecule has 27 heavy (non-hydrogen) atoms. The third-order valence-electron chi connectivity index (χ3n) is 3.72. The average Bonchev–Trinajstić information content (AvgIpc) is 3.06. The summed E-state index contributed by atoms with van der Waals surface area (Å²) in [6, 6.07) is 8.52. The van der Waals surface area contributed by atoms with E-state index in [1.165, 1.54) is 23.1 Å². The van der Waals surface area contributed by atoms with Crippen LogP contribution < -0.4 is 10.9 Å². The minimum atomic E-state index is -0.269. The van der Waals surface area contributed by atoms with Crippen LogP contribution in [0.25, 0.3) is 10.9 Å². The summed E-state index contributed by atoms with van der Waals surface area (Å²) in [5, 5.41) is 15.4. The van der Waals surface area contributed by atoms with Gasteiger partial charge in [0.15, 0.2) is 5.16 Å². The number of nitrogens with zero attached hydrogens (tertiary/aromatic N) is 3. The molecule has 3 aromatic rings. The number of hydrogen-bond donors (Lipinski definition) is 1. The Morgan fingerprint density at radius 2 is 2.22 bits per heavy atom. The highest BCUT2D eigenvalue weighted by atomic mass is 35.5. The van der Waals surface area contributed by atoms with Gasteiger partial charge in [0.05, 0.1) is 22.2 Å². The number of anilines is 1. The topological polar surface area (TPSA) is 87.8 Å². The predicted molar refractivity (Wildman–Crippen MR) is 110 cm³/mol. The van der Waals surface area contributed by atoms with E-state index in [4.69, 9.17) is 16.9 Å². The van der Waals surface area contributed by atoms with Gasteiger partial charge in [0, 0.05) is 11.1 Å². The summed E-state index contributed by atoms with van der Waals surface area (Å²) in [5.74, 6) is -0.205. The van der Waals surface area contributed by atoms with Crippen LogP contribution in [-0.2, 0) is 4.79 Å². The fraction of sp³-hybridized carbons (Fsp3) is 0.222. The highest BCUT2D eigenvalue weighted by Crippen LogP contribution is 2.25. The molecule has 2 heterocycles. The maximum Gasteiger partial charge on any atom is 0.262 e. The molecule has 1 amide bonds. The van der Waals surface area contributed by atoms with E-state index in [1.807, 2.05) is 19.9 Å². The molecular weight excluding hydrogens is 404 g/mol. The standard InChI is InChI=1S/C18H15ClN4O2S2/c1-10(2)23-17(25)13-4-3-12(19)7-14(13)21-18(23)27-9-15(24)22-16-11(8-20)5-6-26-16/h3-7,10H,9H2,1-2H3,(H,22,24). The Morgan fingerprint density at radius 3 is 2.93 bits per heavy atom. The van der Waals surface area contributed by atoms with Crippen LogP contribution in [0, 0.1) is 11.3 Å². The number of aromatic nitrogens is 2. The molecule has 3 rings (SSSR count). The van der Waals surface area contributed by atoms with E-state index < -0.39 is 0 Å². The SMILES string of the molecule is CC(C)n1c(SCC(=O)Nc2sccc2C#N)nc2cc(Cl)ccc2c1=O. The van der Waals surface area contributed by atoms with Crippen molar-refractivity contribution in [3.8, 4) is 6.07 Å². The summed E-state index contributed by atoms with van der Waals surface area (Å²) in [6.07, 6.45) is 0. The summed E-state index contributed by atoms with van der Waals surface area (Å²) in [7, 11) is 0. The first-order valence-electron chi connectivity index (χ1n) is 8.02. The van der Waals surface area contributed by atoms with Gasteiger partial charge in [-0.3, -0.25) is 14.2 Å². The van der Waals surface area contributed by atoms with Crippen molar-refractivity contribution in [1.82, 2.24) is 9.55 Å². The third-order valence-corrected chi connectivity index (χ3v) is 5.74. The molecular formula is C18H15ClN4O2S2. The summed E-state index contributed by atoms with van der Waals surface area (Å²) in [5.41, 5.74) is 0.757. The van der Waals surface area contributed by atoms with E-state index in [9.17, 15) is 9.59 Å². The second kappa shape index (κ2) is 8.13. The molecule has 0 aliphatic rings. The van der Waals surface area contributed by atoms with Gasteiger partial charge >= 0.3 is 0 Å². The normalized spacial score (nSPS) is 10.9. The Bertz CT molecular complexity index is 1110. The largest absolute Gasteiger partial charge is 0.316 e. The van der Waals surface area contributed by atoms with Crippen molar-refractivity contribution in [3.05, 3.63) is 50.6 Å². The Balaban J connectivity index is 1.87. The second-order valence-electron chi connectivity index (χ2n) is 5.94. The van der Waals surface area contributed by atoms with E-state index in [2.05, 4.69) is 10.3 Å². The average molecular weight is 419 g/mol. The molecule has 0 atom stereocenters. The van der Waals surface area contributed by atoms with Gasteiger partial charge in [-0.1, -0.05) is 23.4 Å². The van der Waals surface area contributed by atoms with E-state index >= 15 is 0 Å². The molecule has 0 saturated carbocycles. The summed E-state index contributed by atoms with van der Waals surface area (Å²) < 4.78 is 1.57. The number of carbonyl (C=O) groups excluding carboxylic acids is 1. The Morgan fingerprint density at radius 1 is 1.44 bits per heavy atom. The molecule has 0 spiro atoms. The Labute approximate surface area is 168 Å². The van der Waals surface area contributed by atoms with Crippen LogP contribution in [0.15, 0.2) is 39.6 Å². The predicted octanol–water partition coefficient (Wildman–Crippen LogP) is 4.29. The molecule has 1 N–H and O–H groups in total. The van der Waals surface area contributed by atoms with Crippen molar-refractivity contribution in [3.63, 3.8) is 0 Å². The number of nitrogens with one attached hydrogen (secondary N) is 1. The number of fused-ring (bicyclic) bond motifs is 1. The van der Waals surface area contributed by atoms with Gasteiger partial charge in [-0.25, -0.2) is 4.98 Å². The van der Waals surface area contributed by atoms with Crippen LogP contribution in [0.2, 0.25) is 5.02 Å². The van der Waals surface area contributed by atoms with E-state index in [1.54, 1.807) is 34.2 Å². The molecule has 0 unspecified atom stereocenters. The van der Waals surface area contributed by atoms with E-state index in [-0.39, 0.29) is 23.3 Å². The van der Waals surface area contributed by atoms with Crippen LogP contribution in [-0.4, -0.2) is 21.2 Å². The molecule has 2 aromatic heterocycles. The highest BCUT2D eigenvalue weighted by molar-refractivity contribution is 7.99. The molecule has 0 fully saturated rings. The number of nitriles is 1. The molecule has 0 aliphatic heterocycles. The molecule has 138 valence electrons. The van der Waals surface area contributed by atoms with Crippen molar-refractivity contribution in [1.29, 1.82) is 5.26 Å². The zero-order valence-corrected chi connectivity index (χ0v) is 16.9. The third kappa shape index (κ3) is 4.16. The van der Waals surface area contributed by atoms with Gasteiger partial charge in [-0.15, -0.1) is 11.3 Å². The number of rotatable bonds is 5. The number of halogens is 1. The van der Waals surface area contributed by atoms with Crippen LogP contribution in [0.4, 0.5) is 5.00 Å². The minimum absolute atomic E-state index is 0.0635. The van der Waals surface area contributed by atoms with E-state index in [0.717, 1.165) is 0 Å². The minimum Gasteiger partial charge on any atom is -0.316 e. The monoisotopic (exact) mass is 418 g/mol. The molecule has 1 aromatic carbocycles. The first kappa shape index (κ1) is 19.4. The number of carbonyl (C=O) groups is 1.